The predicted octanol–water partition coefficient (Wildman–Crippen LogP) is 2.83. The van der Waals surface area contributed by atoms with Crippen molar-refractivity contribution < 1.29 is 17.3 Å². The van der Waals surface area contributed by atoms with E-state index in [1.54, 1.807) is 6.07 Å². The maximum absolute atomic E-state index is 13.3. The Morgan fingerprint density at radius 2 is 1.80 bits per heavy atom. The zero-order valence-electron chi connectivity index (χ0n) is 16.7. The second kappa shape index (κ2) is 8.63. The van der Waals surface area contributed by atoms with Crippen LogP contribution in [-0.2, 0) is 22.3 Å². The Bertz CT molecular complexity index is 1110. The fraction of sp³-hybridized carbons (Fsp3) is 0.333. The van der Waals surface area contributed by atoms with Gasteiger partial charge in [0.05, 0.1) is 12.3 Å². The normalized spacial score (nSPS) is 16.1. The van der Waals surface area contributed by atoms with E-state index < -0.39 is 15.8 Å². The molecular weight excluding hydrogens is 407 g/mol. The summed E-state index contributed by atoms with van der Waals surface area (Å²) in [5.41, 5.74) is 2.50. The Hall–Kier alpha value is -2.62. The maximum Gasteiger partial charge on any atom is 0.241 e. The van der Waals surface area contributed by atoms with E-state index in [-0.39, 0.29) is 5.75 Å². The van der Waals surface area contributed by atoms with Crippen molar-refractivity contribution >= 4 is 10.0 Å². The Morgan fingerprint density at radius 1 is 1.07 bits per heavy atom. The standard InChI is InChI=1S/C21H23FN4O3S/c1-16-5-7-18(8-6-16)21-23-20(29-24-21)14-25-9-11-26(12-10-25)30(27,28)15-17-3-2-4-19(22)13-17/h2-8,13H,9-12,14-15H2,1H3. The summed E-state index contributed by atoms with van der Waals surface area (Å²) < 4.78 is 45.5. The fourth-order valence-electron chi connectivity index (χ4n) is 3.42. The minimum Gasteiger partial charge on any atom is -0.338 e. The first kappa shape index (κ1) is 20.6. The summed E-state index contributed by atoms with van der Waals surface area (Å²) >= 11 is 0. The third kappa shape index (κ3) is 4.92. The zero-order valence-corrected chi connectivity index (χ0v) is 17.5. The quantitative estimate of drug-likeness (QED) is 0.598. The molecule has 1 fully saturated rings. The molecule has 4 rings (SSSR count). The molecule has 0 amide bonds. The van der Waals surface area contributed by atoms with Crippen molar-refractivity contribution in [2.75, 3.05) is 26.2 Å². The number of piperazine rings is 1. The highest BCUT2D eigenvalue weighted by atomic mass is 32.2. The van der Waals surface area contributed by atoms with Crippen molar-refractivity contribution in [3.8, 4) is 11.4 Å². The molecule has 2 heterocycles. The van der Waals surface area contributed by atoms with Crippen LogP contribution in [0.25, 0.3) is 11.4 Å². The molecule has 9 heteroatoms. The number of aromatic nitrogens is 2. The van der Waals surface area contributed by atoms with E-state index in [0.29, 0.717) is 50.0 Å². The van der Waals surface area contributed by atoms with Crippen LogP contribution in [-0.4, -0.2) is 53.9 Å². The largest absolute Gasteiger partial charge is 0.338 e. The van der Waals surface area contributed by atoms with Gasteiger partial charge in [0.25, 0.3) is 0 Å². The van der Waals surface area contributed by atoms with Crippen LogP contribution in [0.2, 0.25) is 0 Å². The van der Waals surface area contributed by atoms with Crippen molar-refractivity contribution in [1.29, 1.82) is 0 Å². The summed E-state index contributed by atoms with van der Waals surface area (Å²) in [6.07, 6.45) is 0. The second-order valence-corrected chi connectivity index (χ2v) is 9.41. The van der Waals surface area contributed by atoms with Gasteiger partial charge < -0.3 is 4.52 Å². The number of aryl methyl sites for hydroxylation is 1. The molecule has 0 atom stereocenters. The van der Waals surface area contributed by atoms with Crippen LogP contribution in [0.1, 0.15) is 17.0 Å². The molecular formula is C21H23FN4O3S. The molecule has 0 radical (unpaired) electrons. The van der Waals surface area contributed by atoms with Gasteiger partial charge in [0, 0.05) is 31.7 Å². The van der Waals surface area contributed by atoms with Gasteiger partial charge in [-0.1, -0.05) is 47.1 Å². The third-order valence-corrected chi connectivity index (χ3v) is 6.95. The maximum atomic E-state index is 13.3. The summed E-state index contributed by atoms with van der Waals surface area (Å²) in [5, 5.41) is 4.04. The van der Waals surface area contributed by atoms with Crippen molar-refractivity contribution in [3.05, 3.63) is 71.4 Å². The lowest BCUT2D eigenvalue weighted by Gasteiger charge is -2.33. The van der Waals surface area contributed by atoms with Crippen molar-refractivity contribution in [2.45, 2.75) is 19.2 Å². The van der Waals surface area contributed by atoms with E-state index in [4.69, 9.17) is 4.52 Å². The molecule has 1 saturated heterocycles. The lowest BCUT2D eigenvalue weighted by Crippen LogP contribution is -2.48. The highest BCUT2D eigenvalue weighted by molar-refractivity contribution is 7.88. The number of hydrogen-bond acceptors (Lipinski definition) is 6. The number of sulfonamides is 1. The van der Waals surface area contributed by atoms with E-state index >= 15 is 0 Å². The van der Waals surface area contributed by atoms with E-state index in [1.807, 2.05) is 31.2 Å². The molecule has 0 N–H and O–H groups in total. The topological polar surface area (TPSA) is 79.5 Å². The highest BCUT2D eigenvalue weighted by Crippen LogP contribution is 2.19. The Morgan fingerprint density at radius 3 is 2.50 bits per heavy atom. The molecule has 0 aliphatic carbocycles. The number of benzene rings is 2. The lowest BCUT2D eigenvalue weighted by atomic mass is 10.1. The summed E-state index contributed by atoms with van der Waals surface area (Å²) in [5.74, 6) is 0.411. The Kier molecular flexibility index (Phi) is 5.94. The van der Waals surface area contributed by atoms with Gasteiger partial charge in [0.1, 0.15) is 5.82 Å². The minimum absolute atomic E-state index is 0.200. The molecule has 1 aromatic heterocycles. The summed E-state index contributed by atoms with van der Waals surface area (Å²) in [6, 6.07) is 13.6. The molecule has 0 bridgehead atoms. The number of nitrogens with zero attached hydrogens (tertiary/aromatic N) is 4. The number of halogens is 1. The van der Waals surface area contributed by atoms with Gasteiger partial charge >= 0.3 is 0 Å². The van der Waals surface area contributed by atoms with Crippen LogP contribution in [0.4, 0.5) is 4.39 Å². The predicted molar refractivity (Wildman–Crippen MR) is 110 cm³/mol. The fourth-order valence-corrected chi connectivity index (χ4v) is 4.93. The van der Waals surface area contributed by atoms with Crippen LogP contribution in [0, 0.1) is 12.7 Å². The molecule has 0 spiro atoms. The van der Waals surface area contributed by atoms with Crippen LogP contribution >= 0.6 is 0 Å². The molecule has 158 valence electrons. The van der Waals surface area contributed by atoms with Crippen molar-refractivity contribution in [1.82, 2.24) is 19.3 Å². The van der Waals surface area contributed by atoms with Gasteiger partial charge in [-0.05, 0) is 24.6 Å². The second-order valence-electron chi connectivity index (χ2n) is 7.44. The molecule has 0 unspecified atom stereocenters. The van der Waals surface area contributed by atoms with Crippen molar-refractivity contribution in [2.24, 2.45) is 0 Å². The zero-order chi connectivity index (χ0) is 21.1. The van der Waals surface area contributed by atoms with Gasteiger partial charge in [-0.2, -0.15) is 9.29 Å². The first-order valence-corrected chi connectivity index (χ1v) is 11.3. The van der Waals surface area contributed by atoms with E-state index in [1.165, 1.54) is 22.5 Å². The van der Waals surface area contributed by atoms with Gasteiger partial charge in [-0.3, -0.25) is 4.90 Å². The average molecular weight is 431 g/mol. The van der Waals surface area contributed by atoms with Gasteiger partial charge in [-0.15, -0.1) is 0 Å². The smallest absolute Gasteiger partial charge is 0.241 e. The van der Waals surface area contributed by atoms with Crippen LogP contribution in [0.15, 0.2) is 53.1 Å². The van der Waals surface area contributed by atoms with E-state index in [0.717, 1.165) is 11.1 Å². The molecule has 0 saturated carbocycles. The molecule has 1 aliphatic rings. The Labute approximate surface area is 175 Å². The molecule has 30 heavy (non-hydrogen) atoms. The summed E-state index contributed by atoms with van der Waals surface area (Å²) in [7, 11) is -3.50. The first-order valence-electron chi connectivity index (χ1n) is 9.73. The number of hydrogen-bond donors (Lipinski definition) is 0. The van der Waals surface area contributed by atoms with Gasteiger partial charge in [-0.25, -0.2) is 12.8 Å². The molecule has 2 aromatic carbocycles. The van der Waals surface area contributed by atoms with Crippen LogP contribution in [0.5, 0.6) is 0 Å². The summed E-state index contributed by atoms with van der Waals surface area (Å²) in [6.45, 7) is 4.35. The van der Waals surface area contributed by atoms with E-state index in [9.17, 15) is 12.8 Å². The molecule has 7 nitrogen and oxygen atoms in total. The van der Waals surface area contributed by atoms with Gasteiger partial charge in [0.15, 0.2) is 0 Å². The molecule has 3 aromatic rings. The SMILES string of the molecule is Cc1ccc(-c2noc(CN3CCN(S(=O)(=O)Cc4cccc(F)c4)CC3)n2)cc1. The van der Waals surface area contributed by atoms with E-state index in [2.05, 4.69) is 15.0 Å². The molecule has 1 aliphatic heterocycles. The minimum atomic E-state index is -3.50. The number of rotatable bonds is 6. The third-order valence-electron chi connectivity index (χ3n) is 5.10. The average Bonchev–Trinajstić information content (AvgIpc) is 3.17. The lowest BCUT2D eigenvalue weighted by molar-refractivity contribution is 0.163. The first-order chi connectivity index (χ1) is 14.4. The van der Waals surface area contributed by atoms with Crippen molar-refractivity contribution in [3.63, 3.8) is 0 Å². The van der Waals surface area contributed by atoms with Crippen LogP contribution < -0.4 is 0 Å². The Balaban J connectivity index is 1.33. The monoisotopic (exact) mass is 430 g/mol. The van der Waals surface area contributed by atoms with Gasteiger partial charge in [0.2, 0.25) is 21.7 Å². The highest BCUT2D eigenvalue weighted by Gasteiger charge is 2.28. The van der Waals surface area contributed by atoms with Crippen LogP contribution in [0.3, 0.4) is 0 Å². The summed E-state index contributed by atoms with van der Waals surface area (Å²) in [4.78, 5) is 6.53.